The quantitative estimate of drug-likeness (QED) is 0.906. The van der Waals surface area contributed by atoms with E-state index < -0.39 is 0 Å². The van der Waals surface area contributed by atoms with Crippen molar-refractivity contribution in [2.24, 2.45) is 5.73 Å². The van der Waals surface area contributed by atoms with E-state index >= 15 is 0 Å². The third-order valence-corrected chi connectivity index (χ3v) is 4.79. The van der Waals surface area contributed by atoms with Gasteiger partial charge in [-0.15, -0.1) is 11.3 Å². The van der Waals surface area contributed by atoms with Crippen molar-refractivity contribution >= 4 is 17.0 Å². The molecule has 2 N–H and O–H groups in total. The molecule has 0 aliphatic heterocycles. The van der Waals surface area contributed by atoms with E-state index in [-0.39, 0.29) is 5.41 Å². The molecule has 1 atom stereocenters. The highest BCUT2D eigenvalue weighted by molar-refractivity contribution is 7.10. The minimum atomic E-state index is 0.0355. The van der Waals surface area contributed by atoms with Crippen LogP contribution in [-0.4, -0.2) is 20.6 Å². The number of hydrogen-bond donors (Lipinski definition) is 1. The van der Waals surface area contributed by atoms with Crippen molar-refractivity contribution in [2.75, 3.05) is 25.5 Å². The molecule has 1 heterocycles. The van der Waals surface area contributed by atoms with Gasteiger partial charge in [0.25, 0.3) is 0 Å². The Morgan fingerprint density at radius 1 is 1.16 bits per heavy atom. The van der Waals surface area contributed by atoms with Gasteiger partial charge < -0.3 is 10.6 Å². The fraction of sp³-hybridized carbons (Fsp3) is 0.375. The highest BCUT2D eigenvalue weighted by atomic mass is 32.1. The fourth-order valence-electron chi connectivity index (χ4n) is 2.24. The summed E-state index contributed by atoms with van der Waals surface area (Å²) in [4.78, 5) is 3.48. The van der Waals surface area contributed by atoms with Crippen molar-refractivity contribution < 1.29 is 0 Å². The minimum Gasteiger partial charge on any atom is -0.378 e. The maximum Gasteiger partial charge on any atom is 0.0361 e. The number of rotatable bonds is 5. The molecule has 0 spiro atoms. The lowest BCUT2D eigenvalue weighted by atomic mass is 9.82. The van der Waals surface area contributed by atoms with Gasteiger partial charge in [0.2, 0.25) is 0 Å². The molecule has 0 aliphatic rings. The predicted octanol–water partition coefficient (Wildman–Crippen LogP) is 3.27. The zero-order valence-electron chi connectivity index (χ0n) is 11.9. The summed E-state index contributed by atoms with van der Waals surface area (Å²) in [5, 5.41) is 2.12. The Kier molecular flexibility index (Phi) is 4.27. The van der Waals surface area contributed by atoms with E-state index in [1.807, 2.05) is 0 Å². The number of benzene rings is 1. The summed E-state index contributed by atoms with van der Waals surface area (Å²) in [5.41, 5.74) is 8.63. The smallest absolute Gasteiger partial charge is 0.0361 e. The average molecular weight is 274 g/mol. The maximum atomic E-state index is 6.02. The molecule has 2 aromatic rings. The van der Waals surface area contributed by atoms with E-state index in [2.05, 4.69) is 67.7 Å². The number of anilines is 1. The van der Waals surface area contributed by atoms with Crippen molar-refractivity contribution in [2.45, 2.75) is 18.8 Å². The summed E-state index contributed by atoms with van der Waals surface area (Å²) in [5.74, 6) is 0. The Morgan fingerprint density at radius 3 is 2.32 bits per heavy atom. The van der Waals surface area contributed by atoms with Crippen LogP contribution in [-0.2, 0) is 11.8 Å². The molecule has 0 amide bonds. The molecule has 2 nitrogen and oxygen atoms in total. The maximum absolute atomic E-state index is 6.02. The topological polar surface area (TPSA) is 29.3 Å². The molecule has 0 saturated carbocycles. The molecule has 0 radical (unpaired) electrons. The van der Waals surface area contributed by atoms with Crippen LogP contribution in [0.2, 0.25) is 0 Å². The van der Waals surface area contributed by atoms with Gasteiger partial charge in [0.15, 0.2) is 0 Å². The number of nitrogens with zero attached hydrogens (tertiary/aromatic N) is 1. The second kappa shape index (κ2) is 5.76. The summed E-state index contributed by atoms with van der Waals surface area (Å²) in [6, 6.07) is 13.0. The van der Waals surface area contributed by atoms with Crippen LogP contribution >= 0.6 is 11.3 Å². The van der Waals surface area contributed by atoms with Crippen LogP contribution in [0.1, 0.15) is 17.4 Å². The predicted molar refractivity (Wildman–Crippen MR) is 85.2 cm³/mol. The van der Waals surface area contributed by atoms with E-state index in [9.17, 15) is 0 Å². The molecule has 0 aliphatic carbocycles. The van der Waals surface area contributed by atoms with Crippen LogP contribution < -0.4 is 10.6 Å². The first-order chi connectivity index (χ1) is 9.05. The van der Waals surface area contributed by atoms with Gasteiger partial charge in [-0.05, 0) is 35.6 Å². The van der Waals surface area contributed by atoms with E-state index in [0.29, 0.717) is 6.54 Å². The Morgan fingerprint density at radius 2 is 1.84 bits per heavy atom. The first kappa shape index (κ1) is 14.1. The van der Waals surface area contributed by atoms with Gasteiger partial charge in [-0.1, -0.05) is 25.1 Å². The van der Waals surface area contributed by atoms with Gasteiger partial charge in [-0.25, -0.2) is 0 Å². The second-order valence-electron chi connectivity index (χ2n) is 5.48. The Balaban J connectivity index is 2.19. The largest absolute Gasteiger partial charge is 0.378 e. The number of nitrogens with two attached hydrogens (primary N) is 1. The molecular weight excluding hydrogens is 252 g/mol. The van der Waals surface area contributed by atoms with Gasteiger partial charge in [-0.3, -0.25) is 0 Å². The van der Waals surface area contributed by atoms with Crippen molar-refractivity contribution in [3.8, 4) is 0 Å². The van der Waals surface area contributed by atoms with Gasteiger partial charge >= 0.3 is 0 Å². The van der Waals surface area contributed by atoms with Crippen molar-refractivity contribution in [3.63, 3.8) is 0 Å². The van der Waals surface area contributed by atoms with Gasteiger partial charge in [0.05, 0.1) is 0 Å². The SMILES string of the molecule is CN(C)c1ccc(CC(C)(CN)c2cccs2)cc1. The monoisotopic (exact) mass is 274 g/mol. The van der Waals surface area contributed by atoms with Crippen molar-refractivity contribution in [1.82, 2.24) is 0 Å². The molecule has 19 heavy (non-hydrogen) atoms. The molecule has 2 rings (SSSR count). The summed E-state index contributed by atoms with van der Waals surface area (Å²) in [6.07, 6.45) is 0.984. The van der Waals surface area contributed by atoms with E-state index in [0.717, 1.165) is 6.42 Å². The minimum absolute atomic E-state index is 0.0355. The van der Waals surface area contributed by atoms with Crippen LogP contribution in [0, 0.1) is 0 Å². The van der Waals surface area contributed by atoms with Crippen LogP contribution in [0.5, 0.6) is 0 Å². The first-order valence-electron chi connectivity index (χ1n) is 6.55. The zero-order chi connectivity index (χ0) is 13.9. The third-order valence-electron chi connectivity index (χ3n) is 3.61. The van der Waals surface area contributed by atoms with Crippen LogP contribution in [0.4, 0.5) is 5.69 Å². The third kappa shape index (κ3) is 3.17. The zero-order valence-corrected chi connectivity index (χ0v) is 12.7. The number of hydrogen-bond acceptors (Lipinski definition) is 3. The van der Waals surface area contributed by atoms with Crippen LogP contribution in [0.25, 0.3) is 0 Å². The lowest BCUT2D eigenvalue weighted by molar-refractivity contribution is 0.491. The van der Waals surface area contributed by atoms with Gasteiger partial charge in [0.1, 0.15) is 0 Å². The molecule has 0 bridgehead atoms. The Bertz CT molecular complexity index is 502. The summed E-state index contributed by atoms with van der Waals surface area (Å²) >= 11 is 1.79. The Hall–Kier alpha value is -1.32. The summed E-state index contributed by atoms with van der Waals surface area (Å²) < 4.78 is 0. The van der Waals surface area contributed by atoms with Crippen LogP contribution in [0.3, 0.4) is 0 Å². The standard InChI is InChI=1S/C16H22N2S/c1-16(12-17,15-5-4-10-19-15)11-13-6-8-14(9-7-13)18(2)3/h4-10H,11-12,17H2,1-3H3. The first-order valence-corrected chi connectivity index (χ1v) is 7.43. The van der Waals surface area contributed by atoms with E-state index in [1.54, 1.807) is 11.3 Å². The lowest BCUT2D eigenvalue weighted by Crippen LogP contribution is -2.33. The highest BCUT2D eigenvalue weighted by Crippen LogP contribution is 2.31. The lowest BCUT2D eigenvalue weighted by Gasteiger charge is -2.27. The molecule has 1 unspecified atom stereocenters. The molecule has 1 aromatic heterocycles. The van der Waals surface area contributed by atoms with E-state index in [1.165, 1.54) is 16.1 Å². The normalized spacial score (nSPS) is 14.1. The molecule has 3 heteroatoms. The summed E-state index contributed by atoms with van der Waals surface area (Å²) in [7, 11) is 4.12. The fourth-order valence-corrected chi connectivity index (χ4v) is 3.15. The molecule has 102 valence electrons. The molecule has 1 aromatic carbocycles. The van der Waals surface area contributed by atoms with Crippen molar-refractivity contribution in [1.29, 1.82) is 0 Å². The number of thiophene rings is 1. The van der Waals surface area contributed by atoms with Gasteiger partial charge in [0, 0.05) is 36.6 Å². The summed E-state index contributed by atoms with van der Waals surface area (Å²) in [6.45, 7) is 2.92. The van der Waals surface area contributed by atoms with Crippen molar-refractivity contribution in [3.05, 3.63) is 52.2 Å². The molecular formula is C16H22N2S. The molecule has 0 fully saturated rings. The van der Waals surface area contributed by atoms with E-state index in [4.69, 9.17) is 5.73 Å². The Labute approximate surface area is 119 Å². The highest BCUT2D eigenvalue weighted by Gasteiger charge is 2.26. The second-order valence-corrected chi connectivity index (χ2v) is 6.43. The van der Waals surface area contributed by atoms with Crippen LogP contribution in [0.15, 0.2) is 41.8 Å². The molecule has 0 saturated heterocycles. The van der Waals surface area contributed by atoms with Gasteiger partial charge in [-0.2, -0.15) is 0 Å². The average Bonchev–Trinajstić information content (AvgIpc) is 2.93.